The number of hydrogen-bond acceptors (Lipinski definition) is 2. The van der Waals surface area contributed by atoms with E-state index < -0.39 is 0 Å². The Kier molecular flexibility index (Phi) is 5.78. The molecule has 274 valence electrons. The van der Waals surface area contributed by atoms with E-state index in [1.165, 1.54) is 122 Å². The Hall–Kier alpha value is -7.69. The molecule has 0 aliphatic carbocycles. The third-order valence-electron chi connectivity index (χ3n) is 14.0. The average molecular weight is 759 g/mol. The lowest BCUT2D eigenvalue weighted by atomic mass is 9.34. The van der Waals surface area contributed by atoms with Crippen LogP contribution in [0.15, 0.2) is 194 Å². The van der Waals surface area contributed by atoms with Crippen LogP contribution in [0, 0.1) is 0 Å². The molecule has 0 amide bonds. The molecule has 0 saturated carbocycles. The number of para-hydroxylation sites is 6. The molecule has 0 unspecified atom stereocenters. The second-order valence-corrected chi connectivity index (χ2v) is 16.8. The van der Waals surface area contributed by atoms with Crippen molar-refractivity contribution in [3.05, 3.63) is 194 Å². The van der Waals surface area contributed by atoms with E-state index in [2.05, 4.69) is 213 Å². The second-order valence-electron chi connectivity index (χ2n) is 16.8. The molecule has 0 atom stereocenters. The van der Waals surface area contributed by atoms with Crippen molar-refractivity contribution in [1.82, 2.24) is 9.13 Å². The summed E-state index contributed by atoms with van der Waals surface area (Å²) in [6.07, 6.45) is 0. The summed E-state index contributed by atoms with van der Waals surface area (Å²) in [5, 5.41) is 5.20. The number of benzene rings is 9. The molecule has 60 heavy (non-hydrogen) atoms. The van der Waals surface area contributed by atoms with Crippen LogP contribution < -0.4 is 42.6 Å². The lowest BCUT2D eigenvalue weighted by Gasteiger charge is -2.40. The summed E-state index contributed by atoms with van der Waals surface area (Å²) in [6, 6.07) is 72.7. The minimum absolute atomic E-state index is 0.119. The van der Waals surface area contributed by atoms with E-state index in [-0.39, 0.29) is 13.4 Å². The van der Waals surface area contributed by atoms with E-state index in [1.807, 2.05) is 0 Å². The molecule has 0 spiro atoms. The number of anilines is 6. The molecule has 0 bridgehead atoms. The molecular weight excluding hydrogens is 726 g/mol. The molecule has 4 aliphatic heterocycles. The highest BCUT2D eigenvalue weighted by atomic mass is 15.2. The summed E-state index contributed by atoms with van der Waals surface area (Å²) in [5.41, 5.74) is 23.1. The third-order valence-corrected chi connectivity index (χ3v) is 14.0. The van der Waals surface area contributed by atoms with Crippen LogP contribution in [0.2, 0.25) is 0 Å². The first-order valence-electron chi connectivity index (χ1n) is 21.0. The zero-order chi connectivity index (χ0) is 38.8. The SMILES string of the molecule is c1ccc(N2c3ccccc3B3c4c2cccc4-n2c4cc5c(cc4c4cccc3c42)c2cccc3c2n5-c2cccc4c2B3c2ccccc2N4c2ccccc2)cc1. The fourth-order valence-electron chi connectivity index (χ4n) is 11.9. The van der Waals surface area contributed by atoms with Crippen molar-refractivity contribution in [2.45, 2.75) is 0 Å². The molecule has 6 heteroatoms. The third kappa shape index (κ3) is 3.68. The van der Waals surface area contributed by atoms with Gasteiger partial charge in [0.2, 0.25) is 0 Å². The monoisotopic (exact) mass is 758 g/mol. The summed E-state index contributed by atoms with van der Waals surface area (Å²) in [4.78, 5) is 4.94. The predicted octanol–water partition coefficient (Wildman–Crippen LogP) is 9.11. The zero-order valence-electron chi connectivity index (χ0n) is 32.4. The minimum atomic E-state index is 0.119. The van der Waals surface area contributed by atoms with Gasteiger partial charge in [0, 0.05) is 78.1 Å². The Morgan fingerprint density at radius 2 is 0.667 bits per heavy atom. The number of hydrogen-bond donors (Lipinski definition) is 0. The number of nitrogens with zero attached hydrogens (tertiary/aromatic N) is 4. The van der Waals surface area contributed by atoms with Crippen molar-refractivity contribution in [2.24, 2.45) is 0 Å². The highest BCUT2D eigenvalue weighted by Gasteiger charge is 2.44. The highest BCUT2D eigenvalue weighted by molar-refractivity contribution is 7.01. The van der Waals surface area contributed by atoms with Gasteiger partial charge in [-0.25, -0.2) is 0 Å². The molecule has 0 radical (unpaired) electrons. The Labute approximate surface area is 346 Å². The molecule has 9 aromatic carbocycles. The van der Waals surface area contributed by atoms with E-state index in [4.69, 9.17) is 0 Å². The van der Waals surface area contributed by atoms with Gasteiger partial charge in [-0.1, -0.05) is 121 Å². The van der Waals surface area contributed by atoms with Crippen molar-refractivity contribution in [2.75, 3.05) is 9.80 Å². The maximum Gasteiger partial charge on any atom is 0.252 e. The lowest BCUT2D eigenvalue weighted by Crippen LogP contribution is -2.60. The Balaban J connectivity index is 1.06. The average Bonchev–Trinajstić information content (AvgIpc) is 3.82. The summed E-state index contributed by atoms with van der Waals surface area (Å²) < 4.78 is 5.19. The maximum absolute atomic E-state index is 2.59. The minimum Gasteiger partial charge on any atom is -0.311 e. The Morgan fingerprint density at radius 3 is 1.15 bits per heavy atom. The molecule has 0 N–H and O–H groups in total. The van der Waals surface area contributed by atoms with Gasteiger partial charge in [-0.15, -0.1) is 0 Å². The highest BCUT2D eigenvalue weighted by Crippen LogP contribution is 2.45. The predicted molar refractivity (Wildman–Crippen MR) is 254 cm³/mol. The standard InChI is InChI=1S/C54H32B2N4/c1-3-15-33(16-4-1)57-43-25-9-7-21-39(43)55-41-23-11-19-35-37-31-38-36-20-12-24-42-54(36)60(50(38)32-49(37)59(53(35)41)47-29-13-27-45(57)51(47)55)48-30-14-28-46-52(48)56(42)40-22-8-10-26-44(40)58(46)34-17-5-2-6-18-34/h1-32H. The van der Waals surface area contributed by atoms with E-state index >= 15 is 0 Å². The van der Waals surface area contributed by atoms with E-state index in [9.17, 15) is 0 Å². The first-order valence-corrected chi connectivity index (χ1v) is 21.0. The normalized spacial score (nSPS) is 13.9. The van der Waals surface area contributed by atoms with E-state index in [0.717, 1.165) is 0 Å². The fourth-order valence-corrected chi connectivity index (χ4v) is 11.9. The van der Waals surface area contributed by atoms with Crippen LogP contribution in [-0.4, -0.2) is 22.6 Å². The van der Waals surface area contributed by atoms with Crippen LogP contribution in [0.25, 0.3) is 55.0 Å². The first-order chi connectivity index (χ1) is 29.8. The van der Waals surface area contributed by atoms with Crippen molar-refractivity contribution >= 4 is 124 Å². The van der Waals surface area contributed by atoms with E-state index in [0.29, 0.717) is 0 Å². The largest absolute Gasteiger partial charge is 0.311 e. The van der Waals surface area contributed by atoms with Crippen LogP contribution in [0.3, 0.4) is 0 Å². The van der Waals surface area contributed by atoms with Gasteiger partial charge in [-0.05, 0) is 106 Å². The molecule has 4 nitrogen and oxygen atoms in total. The quantitative estimate of drug-likeness (QED) is 0.164. The van der Waals surface area contributed by atoms with Crippen LogP contribution in [-0.2, 0) is 0 Å². The van der Waals surface area contributed by atoms with Gasteiger partial charge in [-0.2, -0.15) is 0 Å². The van der Waals surface area contributed by atoms with Crippen molar-refractivity contribution in [1.29, 1.82) is 0 Å². The molecule has 2 aromatic heterocycles. The van der Waals surface area contributed by atoms with Crippen LogP contribution in [0.4, 0.5) is 34.1 Å². The van der Waals surface area contributed by atoms with Crippen LogP contribution >= 0.6 is 0 Å². The molecule has 0 saturated heterocycles. The van der Waals surface area contributed by atoms with Crippen molar-refractivity contribution in [3.63, 3.8) is 0 Å². The van der Waals surface area contributed by atoms with Crippen molar-refractivity contribution < 1.29 is 0 Å². The van der Waals surface area contributed by atoms with Gasteiger partial charge in [0.15, 0.2) is 0 Å². The summed E-state index contributed by atoms with van der Waals surface area (Å²) >= 11 is 0. The maximum atomic E-state index is 2.59. The van der Waals surface area contributed by atoms with Crippen molar-refractivity contribution in [3.8, 4) is 11.4 Å². The van der Waals surface area contributed by atoms with Gasteiger partial charge in [0.25, 0.3) is 13.4 Å². The summed E-state index contributed by atoms with van der Waals surface area (Å²) in [5.74, 6) is 0. The molecule has 4 aliphatic rings. The van der Waals surface area contributed by atoms with Crippen LogP contribution in [0.5, 0.6) is 0 Å². The topological polar surface area (TPSA) is 16.3 Å². The zero-order valence-corrected chi connectivity index (χ0v) is 32.4. The fraction of sp³-hybridized carbons (Fsp3) is 0. The number of aromatic nitrogens is 2. The molecule has 6 heterocycles. The lowest BCUT2D eigenvalue weighted by molar-refractivity contribution is 1.16. The van der Waals surface area contributed by atoms with Gasteiger partial charge in [0.1, 0.15) is 0 Å². The number of rotatable bonds is 2. The molecule has 0 fully saturated rings. The van der Waals surface area contributed by atoms with Gasteiger partial charge in [0.05, 0.1) is 11.0 Å². The molecule has 11 aromatic rings. The van der Waals surface area contributed by atoms with Gasteiger partial charge in [-0.3, -0.25) is 0 Å². The summed E-state index contributed by atoms with van der Waals surface area (Å²) in [7, 11) is 0. The van der Waals surface area contributed by atoms with Crippen LogP contribution in [0.1, 0.15) is 0 Å². The Bertz CT molecular complexity index is 3460. The molecule has 15 rings (SSSR count). The molecular formula is C54H32B2N4. The van der Waals surface area contributed by atoms with Gasteiger partial charge < -0.3 is 18.9 Å². The smallest absolute Gasteiger partial charge is 0.252 e. The second kappa shape index (κ2) is 11.1. The Morgan fingerprint density at radius 1 is 0.283 bits per heavy atom. The summed E-state index contributed by atoms with van der Waals surface area (Å²) in [6.45, 7) is 0.238. The first kappa shape index (κ1) is 31.3. The van der Waals surface area contributed by atoms with E-state index in [1.54, 1.807) is 0 Å². The van der Waals surface area contributed by atoms with Gasteiger partial charge >= 0.3 is 0 Å². The number of fused-ring (bicyclic) bond motifs is 14.